The molecule has 0 aromatic heterocycles. The van der Waals surface area contributed by atoms with Crippen molar-refractivity contribution in [2.24, 2.45) is 0 Å². The lowest BCUT2D eigenvalue weighted by Crippen LogP contribution is -2.50. The molecule has 24 heavy (non-hydrogen) atoms. The van der Waals surface area contributed by atoms with E-state index in [4.69, 9.17) is 4.74 Å². The number of amides is 1. The van der Waals surface area contributed by atoms with Gasteiger partial charge in [0, 0.05) is 45.8 Å². The number of ether oxygens (including phenoxy) is 1. The van der Waals surface area contributed by atoms with Crippen molar-refractivity contribution in [1.29, 1.82) is 0 Å². The minimum absolute atomic E-state index is 0.256. The third kappa shape index (κ3) is 5.49. The van der Waals surface area contributed by atoms with Crippen LogP contribution in [0.3, 0.4) is 0 Å². The van der Waals surface area contributed by atoms with E-state index in [1.807, 2.05) is 30.9 Å². The number of hydrogen-bond acceptors (Lipinski definition) is 4. The summed E-state index contributed by atoms with van der Waals surface area (Å²) in [6, 6.07) is 8.31. The van der Waals surface area contributed by atoms with Crippen LogP contribution in [0.15, 0.2) is 24.3 Å². The molecule has 1 fully saturated rings. The van der Waals surface area contributed by atoms with Gasteiger partial charge in [0.05, 0.1) is 13.7 Å². The highest BCUT2D eigenvalue weighted by atomic mass is 16.5. The second kappa shape index (κ2) is 9.64. The molecule has 0 N–H and O–H groups in total. The Morgan fingerprint density at radius 3 is 2.17 bits per heavy atom. The van der Waals surface area contributed by atoms with E-state index in [-0.39, 0.29) is 5.91 Å². The zero-order chi connectivity index (χ0) is 17.4. The van der Waals surface area contributed by atoms with Gasteiger partial charge in [-0.05, 0) is 38.0 Å². The molecule has 0 radical (unpaired) electrons. The maximum Gasteiger partial charge on any atom is 0.236 e. The van der Waals surface area contributed by atoms with Crippen molar-refractivity contribution in [3.05, 3.63) is 29.8 Å². The lowest BCUT2D eigenvalue weighted by atomic mass is 10.1. The predicted octanol–water partition coefficient (Wildman–Crippen LogP) is 1.72. The SMILES string of the molecule is CCN(CC)C(=O)CN1CCN(CCc2ccc(OC)cc2)CC1. The summed E-state index contributed by atoms with van der Waals surface area (Å²) in [5, 5.41) is 0. The monoisotopic (exact) mass is 333 g/mol. The summed E-state index contributed by atoms with van der Waals surface area (Å²) in [7, 11) is 1.69. The lowest BCUT2D eigenvalue weighted by molar-refractivity contribution is -0.132. The molecule has 1 heterocycles. The van der Waals surface area contributed by atoms with Gasteiger partial charge in [0.15, 0.2) is 0 Å². The van der Waals surface area contributed by atoms with Crippen molar-refractivity contribution in [1.82, 2.24) is 14.7 Å². The average Bonchev–Trinajstić information content (AvgIpc) is 2.62. The summed E-state index contributed by atoms with van der Waals surface area (Å²) in [5.74, 6) is 1.16. The van der Waals surface area contributed by atoms with E-state index < -0.39 is 0 Å². The number of piperazine rings is 1. The minimum atomic E-state index is 0.256. The van der Waals surface area contributed by atoms with Gasteiger partial charge in [-0.15, -0.1) is 0 Å². The summed E-state index contributed by atoms with van der Waals surface area (Å²) < 4.78 is 5.19. The van der Waals surface area contributed by atoms with E-state index in [1.54, 1.807) is 7.11 Å². The van der Waals surface area contributed by atoms with Crippen LogP contribution in [0.5, 0.6) is 5.75 Å². The molecule has 0 bridgehead atoms. The Morgan fingerprint density at radius 2 is 1.62 bits per heavy atom. The van der Waals surface area contributed by atoms with E-state index in [9.17, 15) is 4.79 Å². The van der Waals surface area contributed by atoms with Crippen LogP contribution in [0, 0.1) is 0 Å². The standard InChI is InChI=1S/C19H31N3O2/c1-4-22(5-2)19(23)16-21-14-12-20(13-15-21)11-10-17-6-8-18(24-3)9-7-17/h6-9H,4-5,10-16H2,1-3H3. The Balaban J connectivity index is 1.69. The van der Waals surface area contributed by atoms with Crippen molar-refractivity contribution >= 4 is 5.91 Å². The Morgan fingerprint density at radius 1 is 1.04 bits per heavy atom. The van der Waals surface area contributed by atoms with Gasteiger partial charge in [-0.1, -0.05) is 12.1 Å². The lowest BCUT2D eigenvalue weighted by Gasteiger charge is -2.35. The molecular weight excluding hydrogens is 302 g/mol. The highest BCUT2D eigenvalue weighted by molar-refractivity contribution is 5.78. The topological polar surface area (TPSA) is 36.0 Å². The van der Waals surface area contributed by atoms with Crippen molar-refractivity contribution in [2.75, 3.05) is 59.5 Å². The number of benzene rings is 1. The van der Waals surface area contributed by atoms with Gasteiger partial charge in [0.1, 0.15) is 5.75 Å². The van der Waals surface area contributed by atoms with Gasteiger partial charge >= 0.3 is 0 Å². The van der Waals surface area contributed by atoms with Crippen molar-refractivity contribution in [2.45, 2.75) is 20.3 Å². The smallest absolute Gasteiger partial charge is 0.236 e. The largest absolute Gasteiger partial charge is 0.497 e. The number of rotatable bonds is 8. The van der Waals surface area contributed by atoms with Crippen LogP contribution in [0.1, 0.15) is 19.4 Å². The Bertz CT molecular complexity index is 492. The Kier molecular flexibility index (Phi) is 7.53. The van der Waals surface area contributed by atoms with Crippen LogP contribution < -0.4 is 4.74 Å². The number of carbonyl (C=O) groups excluding carboxylic acids is 1. The molecular formula is C19H31N3O2. The fraction of sp³-hybridized carbons (Fsp3) is 0.632. The van der Waals surface area contributed by atoms with E-state index >= 15 is 0 Å². The third-order valence-corrected chi connectivity index (χ3v) is 4.82. The predicted molar refractivity (Wildman–Crippen MR) is 97.5 cm³/mol. The molecule has 0 spiro atoms. The van der Waals surface area contributed by atoms with E-state index in [2.05, 4.69) is 21.9 Å². The second-order valence-electron chi connectivity index (χ2n) is 6.28. The normalized spacial score (nSPS) is 16.1. The molecule has 1 aromatic carbocycles. The highest BCUT2D eigenvalue weighted by Crippen LogP contribution is 2.12. The number of nitrogens with zero attached hydrogens (tertiary/aromatic N) is 3. The molecule has 1 aromatic rings. The molecule has 5 nitrogen and oxygen atoms in total. The average molecular weight is 333 g/mol. The fourth-order valence-electron chi connectivity index (χ4n) is 3.12. The molecule has 134 valence electrons. The summed E-state index contributed by atoms with van der Waals surface area (Å²) in [6.07, 6.45) is 1.06. The number of hydrogen-bond donors (Lipinski definition) is 0. The molecule has 1 amide bonds. The van der Waals surface area contributed by atoms with Crippen molar-refractivity contribution < 1.29 is 9.53 Å². The molecule has 1 aliphatic rings. The molecule has 0 atom stereocenters. The van der Waals surface area contributed by atoms with Crippen molar-refractivity contribution in [3.63, 3.8) is 0 Å². The van der Waals surface area contributed by atoms with Crippen LogP contribution in [-0.2, 0) is 11.2 Å². The summed E-state index contributed by atoms with van der Waals surface area (Å²) in [4.78, 5) is 18.9. The molecule has 5 heteroatoms. The summed E-state index contributed by atoms with van der Waals surface area (Å²) in [5.41, 5.74) is 1.34. The van der Waals surface area contributed by atoms with Gasteiger partial charge in [-0.3, -0.25) is 9.69 Å². The zero-order valence-electron chi connectivity index (χ0n) is 15.3. The van der Waals surface area contributed by atoms with Crippen LogP contribution in [-0.4, -0.2) is 80.1 Å². The summed E-state index contributed by atoms with van der Waals surface area (Å²) in [6.45, 7) is 11.4. The van der Waals surface area contributed by atoms with Crippen LogP contribution >= 0.6 is 0 Å². The first-order valence-electron chi connectivity index (χ1n) is 9.01. The van der Waals surface area contributed by atoms with Gasteiger partial charge in [0.25, 0.3) is 0 Å². The van der Waals surface area contributed by atoms with E-state index in [0.29, 0.717) is 6.54 Å². The van der Waals surface area contributed by atoms with Gasteiger partial charge < -0.3 is 14.5 Å². The minimum Gasteiger partial charge on any atom is -0.497 e. The summed E-state index contributed by atoms with van der Waals surface area (Å²) >= 11 is 0. The molecule has 1 aliphatic heterocycles. The van der Waals surface area contributed by atoms with Gasteiger partial charge in [-0.25, -0.2) is 0 Å². The second-order valence-corrected chi connectivity index (χ2v) is 6.28. The first-order valence-corrected chi connectivity index (χ1v) is 9.01. The maximum atomic E-state index is 12.2. The number of methoxy groups -OCH3 is 1. The molecule has 0 unspecified atom stereocenters. The van der Waals surface area contributed by atoms with Gasteiger partial charge in [0.2, 0.25) is 5.91 Å². The van der Waals surface area contributed by atoms with E-state index in [1.165, 1.54) is 5.56 Å². The van der Waals surface area contributed by atoms with E-state index in [0.717, 1.165) is 58.0 Å². The van der Waals surface area contributed by atoms with Crippen LogP contribution in [0.25, 0.3) is 0 Å². The third-order valence-electron chi connectivity index (χ3n) is 4.82. The quantitative estimate of drug-likeness (QED) is 0.726. The fourth-order valence-corrected chi connectivity index (χ4v) is 3.12. The number of carbonyl (C=O) groups is 1. The molecule has 0 aliphatic carbocycles. The van der Waals surface area contributed by atoms with Crippen LogP contribution in [0.4, 0.5) is 0 Å². The molecule has 0 saturated carbocycles. The maximum absolute atomic E-state index is 12.2. The van der Waals surface area contributed by atoms with Gasteiger partial charge in [-0.2, -0.15) is 0 Å². The Labute approximate surface area is 146 Å². The molecule has 2 rings (SSSR count). The highest BCUT2D eigenvalue weighted by Gasteiger charge is 2.20. The Hall–Kier alpha value is -1.59. The number of likely N-dealkylation sites (N-methyl/N-ethyl adjacent to an activating group) is 1. The van der Waals surface area contributed by atoms with Crippen molar-refractivity contribution in [3.8, 4) is 5.75 Å². The first-order chi connectivity index (χ1) is 11.7. The molecule has 1 saturated heterocycles. The first kappa shape index (κ1) is 18.7. The zero-order valence-corrected chi connectivity index (χ0v) is 15.3. The van der Waals surface area contributed by atoms with Crippen LogP contribution in [0.2, 0.25) is 0 Å².